The van der Waals surface area contributed by atoms with Crippen molar-refractivity contribution in [1.82, 2.24) is 15.5 Å². The average molecular weight is 426 g/mol. The van der Waals surface area contributed by atoms with Crippen molar-refractivity contribution >= 4 is 11.8 Å². The number of ether oxygens (including phenoxy) is 1. The maximum absolute atomic E-state index is 13.0. The van der Waals surface area contributed by atoms with Gasteiger partial charge in [-0.15, -0.1) is 0 Å². The summed E-state index contributed by atoms with van der Waals surface area (Å²) < 4.78 is 5.23. The van der Waals surface area contributed by atoms with Crippen molar-refractivity contribution in [2.45, 2.75) is 39.3 Å². The molecule has 2 atom stereocenters. The lowest BCUT2D eigenvalue weighted by Crippen LogP contribution is -2.49. The maximum Gasteiger partial charge on any atom is 0.252 e. The van der Waals surface area contributed by atoms with E-state index in [0.717, 1.165) is 16.9 Å². The van der Waals surface area contributed by atoms with Gasteiger partial charge in [-0.25, -0.2) is 0 Å². The molecule has 0 aliphatic rings. The van der Waals surface area contributed by atoms with E-state index in [1.807, 2.05) is 77.3 Å². The summed E-state index contributed by atoms with van der Waals surface area (Å²) in [7, 11) is 5.60. The molecule has 2 rings (SSSR count). The Morgan fingerprint density at radius 2 is 1.68 bits per heavy atom. The molecule has 6 heteroatoms. The molecule has 2 aromatic carbocycles. The van der Waals surface area contributed by atoms with Gasteiger partial charge in [0.05, 0.1) is 13.2 Å². The number of hydrogen-bond acceptors (Lipinski definition) is 4. The summed E-state index contributed by atoms with van der Waals surface area (Å²) in [5.74, 6) is 0.662. The zero-order valence-electron chi connectivity index (χ0n) is 19.4. The predicted octanol–water partition coefficient (Wildman–Crippen LogP) is 3.57. The summed E-state index contributed by atoms with van der Waals surface area (Å²) in [4.78, 5) is 27.9. The molecule has 0 spiro atoms. The number of hydrogen-bond donors (Lipinski definition) is 2. The summed E-state index contributed by atoms with van der Waals surface area (Å²) in [5.41, 5.74) is 2.56. The van der Waals surface area contributed by atoms with Crippen molar-refractivity contribution < 1.29 is 14.3 Å². The number of carbonyl (C=O) groups is 2. The van der Waals surface area contributed by atoms with E-state index in [9.17, 15) is 9.59 Å². The van der Waals surface area contributed by atoms with Crippen molar-refractivity contribution in [3.63, 3.8) is 0 Å². The van der Waals surface area contributed by atoms with Gasteiger partial charge >= 0.3 is 0 Å². The first kappa shape index (κ1) is 24.4. The highest BCUT2D eigenvalue weighted by Gasteiger charge is 2.24. The summed E-state index contributed by atoms with van der Waals surface area (Å²) in [6.07, 6.45) is 0.568. The third-order valence-corrected chi connectivity index (χ3v) is 5.31. The molecule has 0 aliphatic carbocycles. The number of rotatable bonds is 10. The first-order valence-electron chi connectivity index (χ1n) is 10.7. The molecule has 0 saturated heterocycles. The zero-order chi connectivity index (χ0) is 23.0. The van der Waals surface area contributed by atoms with Crippen molar-refractivity contribution in [2.24, 2.45) is 5.92 Å². The van der Waals surface area contributed by atoms with Gasteiger partial charge in [-0.05, 0) is 62.7 Å². The number of nitrogens with zero attached hydrogens (tertiary/aromatic N) is 1. The van der Waals surface area contributed by atoms with Crippen LogP contribution in [0, 0.1) is 12.8 Å². The third-order valence-electron chi connectivity index (χ3n) is 5.31. The van der Waals surface area contributed by atoms with Gasteiger partial charge in [0.25, 0.3) is 5.91 Å². The number of carbonyl (C=O) groups excluding carboxylic acids is 2. The standard InChI is InChI=1S/C25H35N3O3/c1-17(2)15-22(27-24(29)21-10-8-7-9-18(21)3)25(30)26-16-23(28(4)5)19-11-13-20(31-6)14-12-19/h7-14,17,22-23H,15-16H2,1-6H3,(H,26,30)(H,27,29). The Labute approximate surface area is 186 Å². The summed E-state index contributed by atoms with van der Waals surface area (Å²) in [6, 6.07) is 14.6. The molecule has 2 amide bonds. The second-order valence-corrected chi connectivity index (χ2v) is 8.47. The Bertz CT molecular complexity index is 863. The second-order valence-electron chi connectivity index (χ2n) is 8.47. The van der Waals surface area contributed by atoms with Crippen LogP contribution in [0.1, 0.15) is 47.8 Å². The third kappa shape index (κ3) is 7.10. The number of nitrogens with one attached hydrogen (secondary N) is 2. The number of methoxy groups -OCH3 is 1. The Morgan fingerprint density at radius 1 is 1.03 bits per heavy atom. The predicted molar refractivity (Wildman–Crippen MR) is 124 cm³/mol. The highest BCUT2D eigenvalue weighted by molar-refractivity contribution is 5.98. The quantitative estimate of drug-likeness (QED) is 0.611. The number of likely N-dealkylation sites (N-methyl/N-ethyl adjacent to an activating group) is 1. The lowest BCUT2D eigenvalue weighted by molar-refractivity contribution is -0.123. The molecule has 0 aliphatic heterocycles. The lowest BCUT2D eigenvalue weighted by Gasteiger charge is -2.27. The van der Waals surface area contributed by atoms with Crippen LogP contribution >= 0.6 is 0 Å². The fraction of sp³-hybridized carbons (Fsp3) is 0.440. The summed E-state index contributed by atoms with van der Waals surface area (Å²) >= 11 is 0. The van der Waals surface area contributed by atoms with Crippen LogP contribution in [0.5, 0.6) is 5.75 Å². The molecule has 2 N–H and O–H groups in total. The molecular formula is C25H35N3O3. The normalized spacial score (nSPS) is 13.0. The smallest absolute Gasteiger partial charge is 0.252 e. The van der Waals surface area contributed by atoms with Crippen LogP contribution in [0.3, 0.4) is 0 Å². The van der Waals surface area contributed by atoms with Crippen molar-refractivity contribution in [3.05, 3.63) is 65.2 Å². The van der Waals surface area contributed by atoms with Crippen LogP contribution in [0.4, 0.5) is 0 Å². The Hall–Kier alpha value is -2.86. The first-order chi connectivity index (χ1) is 14.7. The highest BCUT2D eigenvalue weighted by atomic mass is 16.5. The van der Waals surface area contributed by atoms with E-state index in [-0.39, 0.29) is 23.8 Å². The van der Waals surface area contributed by atoms with E-state index in [4.69, 9.17) is 4.74 Å². The molecule has 6 nitrogen and oxygen atoms in total. The van der Waals surface area contributed by atoms with Crippen molar-refractivity contribution in [2.75, 3.05) is 27.7 Å². The molecule has 0 fully saturated rings. The van der Waals surface area contributed by atoms with Gasteiger partial charge in [0, 0.05) is 12.1 Å². The van der Waals surface area contributed by atoms with Crippen LogP contribution in [0.15, 0.2) is 48.5 Å². The van der Waals surface area contributed by atoms with Crippen LogP contribution in [0.2, 0.25) is 0 Å². The topological polar surface area (TPSA) is 70.7 Å². The molecule has 0 aromatic heterocycles. The average Bonchev–Trinajstić information content (AvgIpc) is 2.73. The van der Waals surface area contributed by atoms with E-state index in [2.05, 4.69) is 15.5 Å². The minimum absolute atomic E-state index is 0.00151. The molecule has 168 valence electrons. The fourth-order valence-electron chi connectivity index (χ4n) is 3.51. The van der Waals surface area contributed by atoms with Crippen LogP contribution in [-0.2, 0) is 4.79 Å². The van der Waals surface area contributed by atoms with Crippen LogP contribution in [-0.4, -0.2) is 50.5 Å². The minimum Gasteiger partial charge on any atom is -0.497 e. The minimum atomic E-state index is -0.592. The molecule has 0 heterocycles. The van der Waals surface area contributed by atoms with Gasteiger partial charge in [0.1, 0.15) is 11.8 Å². The van der Waals surface area contributed by atoms with Gasteiger partial charge in [-0.3, -0.25) is 9.59 Å². The molecule has 2 aromatic rings. The summed E-state index contributed by atoms with van der Waals surface area (Å²) in [5, 5.41) is 5.97. The summed E-state index contributed by atoms with van der Waals surface area (Å²) in [6.45, 7) is 6.41. The fourth-order valence-corrected chi connectivity index (χ4v) is 3.51. The lowest BCUT2D eigenvalue weighted by atomic mass is 10.0. The van der Waals surface area contributed by atoms with Crippen molar-refractivity contribution in [3.8, 4) is 5.75 Å². The maximum atomic E-state index is 13.0. The van der Waals surface area contributed by atoms with Gasteiger partial charge in [0.15, 0.2) is 0 Å². The van der Waals surface area contributed by atoms with E-state index in [0.29, 0.717) is 18.5 Å². The number of benzene rings is 2. The number of aryl methyl sites for hydroxylation is 1. The van der Waals surface area contributed by atoms with Crippen molar-refractivity contribution in [1.29, 1.82) is 0 Å². The molecule has 0 saturated carbocycles. The van der Waals surface area contributed by atoms with Gasteiger partial charge in [-0.1, -0.05) is 44.2 Å². The highest BCUT2D eigenvalue weighted by Crippen LogP contribution is 2.21. The Morgan fingerprint density at radius 3 is 2.23 bits per heavy atom. The van der Waals surface area contributed by atoms with E-state index in [1.54, 1.807) is 13.2 Å². The molecular weight excluding hydrogens is 390 g/mol. The van der Waals surface area contributed by atoms with Gasteiger partial charge < -0.3 is 20.3 Å². The van der Waals surface area contributed by atoms with E-state index in [1.165, 1.54) is 0 Å². The van der Waals surface area contributed by atoms with E-state index >= 15 is 0 Å². The SMILES string of the molecule is COc1ccc(C(CNC(=O)C(CC(C)C)NC(=O)c2ccccc2C)N(C)C)cc1. The zero-order valence-corrected chi connectivity index (χ0v) is 19.4. The molecule has 2 unspecified atom stereocenters. The molecule has 31 heavy (non-hydrogen) atoms. The van der Waals surface area contributed by atoms with Gasteiger partial charge in [0.2, 0.25) is 5.91 Å². The molecule has 0 radical (unpaired) electrons. The first-order valence-corrected chi connectivity index (χ1v) is 10.7. The van der Waals surface area contributed by atoms with E-state index < -0.39 is 6.04 Å². The van der Waals surface area contributed by atoms with Gasteiger partial charge in [-0.2, -0.15) is 0 Å². The Kier molecular flexibility index (Phi) is 9.06. The number of amides is 2. The van der Waals surface area contributed by atoms with Crippen LogP contribution < -0.4 is 15.4 Å². The molecule has 0 bridgehead atoms. The van der Waals surface area contributed by atoms with Crippen LogP contribution in [0.25, 0.3) is 0 Å². The largest absolute Gasteiger partial charge is 0.497 e. The second kappa shape index (κ2) is 11.5. The monoisotopic (exact) mass is 425 g/mol. The Balaban J connectivity index is 2.09.